The lowest BCUT2D eigenvalue weighted by Gasteiger charge is -2.22. The van der Waals surface area contributed by atoms with E-state index in [1.807, 2.05) is 0 Å². The molecule has 1 aliphatic carbocycles. The Balaban J connectivity index is 2.32. The first-order valence-corrected chi connectivity index (χ1v) is 6.58. The molecule has 0 unspecified atom stereocenters. The molecule has 0 aromatic heterocycles. The van der Waals surface area contributed by atoms with E-state index in [0.717, 1.165) is 12.8 Å². The molecule has 18 heavy (non-hydrogen) atoms. The van der Waals surface area contributed by atoms with Gasteiger partial charge in [-0.05, 0) is 33.6 Å². The largest absolute Gasteiger partial charge is 0.457 e. The molecular formula is C14H23NO3. The number of amides is 1. The van der Waals surface area contributed by atoms with Crippen LogP contribution in [0.2, 0.25) is 0 Å². The lowest BCUT2D eigenvalue weighted by molar-refractivity contribution is -0.148. The predicted molar refractivity (Wildman–Crippen MR) is 70.0 cm³/mol. The minimum Gasteiger partial charge on any atom is -0.457 e. The topological polar surface area (TPSA) is 55.4 Å². The van der Waals surface area contributed by atoms with E-state index in [1.165, 1.54) is 31.4 Å². The molecular weight excluding hydrogens is 230 g/mol. The maximum Gasteiger partial charge on any atom is 0.331 e. The Morgan fingerprint density at radius 2 is 1.72 bits per heavy atom. The van der Waals surface area contributed by atoms with E-state index in [0.29, 0.717) is 0 Å². The summed E-state index contributed by atoms with van der Waals surface area (Å²) < 4.78 is 5.07. The Bertz CT molecular complexity index is 322. The first-order valence-electron chi connectivity index (χ1n) is 6.58. The summed E-state index contributed by atoms with van der Waals surface area (Å²) in [6.07, 6.45) is 8.09. The van der Waals surface area contributed by atoms with Crippen LogP contribution in [0, 0.1) is 0 Å². The van der Waals surface area contributed by atoms with Gasteiger partial charge < -0.3 is 10.1 Å². The van der Waals surface area contributed by atoms with Crippen molar-refractivity contribution in [3.05, 3.63) is 12.2 Å². The third-order valence-corrected chi connectivity index (χ3v) is 2.73. The average molecular weight is 253 g/mol. The van der Waals surface area contributed by atoms with Gasteiger partial charge in [0.15, 0.2) is 0 Å². The first kappa shape index (κ1) is 14.7. The molecule has 1 aliphatic rings. The van der Waals surface area contributed by atoms with Gasteiger partial charge in [0, 0.05) is 18.2 Å². The number of carbonyl (C=O) groups excluding carboxylic acids is 2. The van der Waals surface area contributed by atoms with Gasteiger partial charge in [-0.15, -0.1) is 0 Å². The Morgan fingerprint density at radius 3 is 2.28 bits per heavy atom. The number of hydrogen-bond donors (Lipinski definition) is 1. The zero-order valence-corrected chi connectivity index (χ0v) is 11.5. The number of hydrogen-bond acceptors (Lipinski definition) is 3. The number of carbonyl (C=O) groups is 2. The summed E-state index contributed by atoms with van der Waals surface area (Å²) in [5.74, 6) is -0.700. The summed E-state index contributed by atoms with van der Waals surface area (Å²) in [6, 6.07) is 0.259. The molecule has 4 heteroatoms. The molecule has 0 spiro atoms. The molecule has 1 N–H and O–H groups in total. The third-order valence-electron chi connectivity index (χ3n) is 2.73. The van der Waals surface area contributed by atoms with Crippen LogP contribution < -0.4 is 5.32 Å². The van der Waals surface area contributed by atoms with E-state index >= 15 is 0 Å². The lowest BCUT2D eigenvalue weighted by atomic mass is 9.95. The smallest absolute Gasteiger partial charge is 0.331 e. The minimum absolute atomic E-state index is 0.215. The van der Waals surface area contributed by atoms with Crippen molar-refractivity contribution in [1.29, 1.82) is 0 Å². The van der Waals surface area contributed by atoms with Crippen molar-refractivity contribution in [3.63, 3.8) is 0 Å². The molecule has 1 rings (SSSR count). The number of ether oxygens (including phenoxy) is 1. The number of rotatable bonds is 3. The van der Waals surface area contributed by atoms with Crippen molar-refractivity contribution in [3.8, 4) is 0 Å². The molecule has 0 heterocycles. The Kier molecular flexibility index (Phi) is 5.38. The third kappa shape index (κ3) is 6.42. The second-order valence-corrected chi connectivity index (χ2v) is 5.71. The SMILES string of the molecule is CC(C)(C)OC(=O)/C=C\C(=O)NC1CCCCC1. The molecule has 0 aliphatic heterocycles. The normalized spacial score (nSPS) is 17.7. The maximum atomic E-state index is 11.6. The summed E-state index contributed by atoms with van der Waals surface area (Å²) in [4.78, 5) is 22.9. The van der Waals surface area contributed by atoms with Gasteiger partial charge >= 0.3 is 5.97 Å². The Labute approximate surface area is 109 Å². The van der Waals surface area contributed by atoms with Crippen LogP contribution in [0.1, 0.15) is 52.9 Å². The van der Waals surface area contributed by atoms with Gasteiger partial charge in [-0.2, -0.15) is 0 Å². The molecule has 0 saturated heterocycles. The molecule has 1 saturated carbocycles. The molecule has 0 radical (unpaired) electrons. The van der Waals surface area contributed by atoms with E-state index in [4.69, 9.17) is 4.74 Å². The highest BCUT2D eigenvalue weighted by molar-refractivity contribution is 5.94. The van der Waals surface area contributed by atoms with Crippen molar-refractivity contribution in [2.45, 2.75) is 64.5 Å². The van der Waals surface area contributed by atoms with Crippen LogP contribution in [-0.2, 0) is 14.3 Å². The zero-order valence-electron chi connectivity index (χ0n) is 11.5. The Morgan fingerprint density at radius 1 is 1.11 bits per heavy atom. The van der Waals surface area contributed by atoms with E-state index in [1.54, 1.807) is 20.8 Å². The lowest BCUT2D eigenvalue weighted by Crippen LogP contribution is -2.35. The van der Waals surface area contributed by atoms with E-state index in [-0.39, 0.29) is 11.9 Å². The highest BCUT2D eigenvalue weighted by Gasteiger charge is 2.16. The quantitative estimate of drug-likeness (QED) is 0.620. The van der Waals surface area contributed by atoms with Crippen molar-refractivity contribution in [2.24, 2.45) is 0 Å². The molecule has 0 aromatic carbocycles. The van der Waals surface area contributed by atoms with Crippen LogP contribution in [0.4, 0.5) is 0 Å². The summed E-state index contributed by atoms with van der Waals surface area (Å²) in [5, 5.41) is 2.90. The zero-order chi connectivity index (χ0) is 13.6. The van der Waals surface area contributed by atoms with Gasteiger partial charge in [-0.25, -0.2) is 4.79 Å². The van der Waals surface area contributed by atoms with Crippen LogP contribution in [0.25, 0.3) is 0 Å². The highest BCUT2D eigenvalue weighted by atomic mass is 16.6. The predicted octanol–water partition coefficient (Wildman–Crippen LogP) is 2.33. The van der Waals surface area contributed by atoms with Crippen LogP contribution in [0.15, 0.2) is 12.2 Å². The molecule has 102 valence electrons. The molecule has 4 nitrogen and oxygen atoms in total. The van der Waals surface area contributed by atoms with Crippen molar-refractivity contribution in [1.82, 2.24) is 5.32 Å². The standard InChI is InChI=1S/C14H23NO3/c1-14(2,3)18-13(17)10-9-12(16)15-11-7-5-4-6-8-11/h9-11H,4-8H2,1-3H3,(H,15,16)/b10-9-. The molecule has 0 aromatic rings. The number of esters is 1. The fourth-order valence-corrected chi connectivity index (χ4v) is 1.98. The maximum absolute atomic E-state index is 11.6. The minimum atomic E-state index is -0.527. The van der Waals surface area contributed by atoms with Crippen LogP contribution in [-0.4, -0.2) is 23.5 Å². The van der Waals surface area contributed by atoms with Crippen LogP contribution >= 0.6 is 0 Å². The monoisotopic (exact) mass is 253 g/mol. The summed E-state index contributed by atoms with van der Waals surface area (Å²) in [6.45, 7) is 5.38. The van der Waals surface area contributed by atoms with Gasteiger partial charge in [-0.3, -0.25) is 4.79 Å². The number of nitrogens with one attached hydrogen (secondary N) is 1. The fraction of sp³-hybridized carbons (Fsp3) is 0.714. The van der Waals surface area contributed by atoms with Crippen LogP contribution in [0.3, 0.4) is 0 Å². The highest BCUT2D eigenvalue weighted by Crippen LogP contribution is 2.17. The van der Waals surface area contributed by atoms with Crippen LogP contribution in [0.5, 0.6) is 0 Å². The van der Waals surface area contributed by atoms with Gasteiger partial charge in [0.2, 0.25) is 5.91 Å². The van der Waals surface area contributed by atoms with E-state index in [9.17, 15) is 9.59 Å². The van der Waals surface area contributed by atoms with E-state index < -0.39 is 11.6 Å². The van der Waals surface area contributed by atoms with Crippen molar-refractivity contribution in [2.75, 3.05) is 0 Å². The molecule has 1 fully saturated rings. The second-order valence-electron chi connectivity index (χ2n) is 5.71. The Hall–Kier alpha value is -1.32. The molecule has 0 atom stereocenters. The fourth-order valence-electron chi connectivity index (χ4n) is 1.98. The second kappa shape index (κ2) is 6.57. The summed E-state index contributed by atoms with van der Waals surface area (Å²) in [5.41, 5.74) is -0.527. The van der Waals surface area contributed by atoms with Crippen molar-refractivity contribution >= 4 is 11.9 Å². The summed E-state index contributed by atoms with van der Waals surface area (Å²) in [7, 11) is 0. The molecule has 1 amide bonds. The van der Waals surface area contributed by atoms with Gasteiger partial charge in [0.25, 0.3) is 0 Å². The van der Waals surface area contributed by atoms with Gasteiger partial charge in [-0.1, -0.05) is 19.3 Å². The van der Waals surface area contributed by atoms with Crippen molar-refractivity contribution < 1.29 is 14.3 Å². The van der Waals surface area contributed by atoms with E-state index in [2.05, 4.69) is 5.32 Å². The summed E-state index contributed by atoms with van der Waals surface area (Å²) >= 11 is 0. The first-order chi connectivity index (χ1) is 8.37. The molecule has 0 bridgehead atoms. The van der Waals surface area contributed by atoms with Gasteiger partial charge in [0.05, 0.1) is 0 Å². The van der Waals surface area contributed by atoms with Gasteiger partial charge in [0.1, 0.15) is 5.60 Å². The average Bonchev–Trinajstić information content (AvgIpc) is 2.25.